The van der Waals surface area contributed by atoms with Crippen molar-refractivity contribution in [3.05, 3.63) is 54.1 Å². The van der Waals surface area contributed by atoms with Crippen molar-refractivity contribution in [1.29, 1.82) is 0 Å². The molecule has 1 fully saturated rings. The Labute approximate surface area is 178 Å². The molecular formula is C22H29N3O4S. The van der Waals surface area contributed by atoms with Gasteiger partial charge in [0.15, 0.2) is 0 Å². The molecule has 2 aromatic rings. The Morgan fingerprint density at radius 3 is 2.07 bits per heavy atom. The highest BCUT2D eigenvalue weighted by atomic mass is 32.2. The molecule has 8 heteroatoms. The number of carbonyl (C=O) groups is 1. The molecule has 30 heavy (non-hydrogen) atoms. The zero-order chi connectivity index (χ0) is 21.9. The molecule has 0 radical (unpaired) electrons. The number of anilines is 2. The molecule has 0 saturated carbocycles. The minimum Gasteiger partial charge on any atom is -0.497 e. The summed E-state index contributed by atoms with van der Waals surface area (Å²) in [5, 5.41) is 0. The van der Waals surface area contributed by atoms with E-state index in [1.807, 2.05) is 43.3 Å². The molecule has 1 aliphatic rings. The number of hydrogen-bond donors (Lipinski definition) is 0. The molecular weight excluding hydrogens is 402 g/mol. The van der Waals surface area contributed by atoms with E-state index in [1.165, 1.54) is 4.31 Å². The summed E-state index contributed by atoms with van der Waals surface area (Å²) in [4.78, 5) is 17.1. The molecule has 1 heterocycles. The van der Waals surface area contributed by atoms with Crippen molar-refractivity contribution in [3.8, 4) is 5.75 Å². The second-order valence-corrected chi connectivity index (χ2v) is 9.44. The van der Waals surface area contributed by atoms with Gasteiger partial charge in [-0.25, -0.2) is 8.42 Å². The van der Waals surface area contributed by atoms with Gasteiger partial charge in [-0.2, -0.15) is 0 Å². The predicted octanol–water partition coefficient (Wildman–Crippen LogP) is 2.51. The number of benzene rings is 2. The second kappa shape index (κ2) is 8.95. The molecule has 1 saturated heterocycles. The van der Waals surface area contributed by atoms with E-state index in [9.17, 15) is 13.2 Å². The first-order valence-corrected chi connectivity index (χ1v) is 11.8. The summed E-state index contributed by atoms with van der Waals surface area (Å²) in [5.74, 6) is 0.619. The Bertz CT molecular complexity index is 966. The maximum Gasteiger partial charge on any atom is 0.246 e. The number of piperazine rings is 1. The highest BCUT2D eigenvalue weighted by Crippen LogP contribution is 2.24. The van der Waals surface area contributed by atoms with Gasteiger partial charge in [0.1, 0.15) is 11.8 Å². The van der Waals surface area contributed by atoms with E-state index in [0.717, 1.165) is 23.3 Å². The Morgan fingerprint density at radius 2 is 1.57 bits per heavy atom. The maximum atomic E-state index is 13.1. The average molecular weight is 432 g/mol. The van der Waals surface area contributed by atoms with Crippen molar-refractivity contribution in [1.82, 2.24) is 4.90 Å². The van der Waals surface area contributed by atoms with E-state index in [-0.39, 0.29) is 5.91 Å². The number of aryl methyl sites for hydroxylation is 1. The van der Waals surface area contributed by atoms with E-state index in [4.69, 9.17) is 4.74 Å². The Balaban J connectivity index is 1.70. The van der Waals surface area contributed by atoms with E-state index in [1.54, 1.807) is 31.1 Å². The van der Waals surface area contributed by atoms with Crippen LogP contribution in [0.15, 0.2) is 48.5 Å². The Morgan fingerprint density at radius 1 is 1.00 bits per heavy atom. The van der Waals surface area contributed by atoms with Crippen LogP contribution >= 0.6 is 0 Å². The summed E-state index contributed by atoms with van der Waals surface area (Å²) >= 11 is 0. The van der Waals surface area contributed by atoms with Gasteiger partial charge in [0.25, 0.3) is 0 Å². The maximum absolute atomic E-state index is 13.1. The van der Waals surface area contributed by atoms with Crippen molar-refractivity contribution < 1.29 is 17.9 Å². The number of rotatable bonds is 6. The van der Waals surface area contributed by atoms with Gasteiger partial charge >= 0.3 is 0 Å². The number of methoxy groups -OCH3 is 1. The van der Waals surface area contributed by atoms with Gasteiger partial charge in [0.05, 0.1) is 19.1 Å². The van der Waals surface area contributed by atoms with Crippen LogP contribution in [-0.4, -0.2) is 64.8 Å². The molecule has 3 rings (SSSR count). The lowest BCUT2D eigenvalue weighted by Gasteiger charge is -2.39. The largest absolute Gasteiger partial charge is 0.497 e. The Hall–Kier alpha value is -2.74. The van der Waals surface area contributed by atoms with Crippen LogP contribution < -0.4 is 13.9 Å². The zero-order valence-electron chi connectivity index (χ0n) is 17.9. The first kappa shape index (κ1) is 22.0. The van der Waals surface area contributed by atoms with Gasteiger partial charge in [-0.15, -0.1) is 0 Å². The molecule has 162 valence electrons. The van der Waals surface area contributed by atoms with Crippen LogP contribution in [0.2, 0.25) is 0 Å². The summed E-state index contributed by atoms with van der Waals surface area (Å²) in [7, 11) is -1.97. The van der Waals surface area contributed by atoms with Crippen LogP contribution in [0.1, 0.15) is 12.5 Å². The Kier molecular flexibility index (Phi) is 6.55. The van der Waals surface area contributed by atoms with Gasteiger partial charge in [0, 0.05) is 31.9 Å². The molecule has 0 spiro atoms. The SMILES string of the molecule is COc1ccc(N2CCN(C(=O)C(C)N(c3ccc(C)cc3)S(C)(=O)=O)CC2)cc1. The second-order valence-electron chi connectivity index (χ2n) is 7.58. The third kappa shape index (κ3) is 4.87. The van der Waals surface area contributed by atoms with Crippen LogP contribution in [0.25, 0.3) is 0 Å². The highest BCUT2D eigenvalue weighted by molar-refractivity contribution is 7.92. The summed E-state index contributed by atoms with van der Waals surface area (Å²) in [6, 6.07) is 14.2. The van der Waals surface area contributed by atoms with Crippen molar-refractivity contribution in [3.63, 3.8) is 0 Å². The summed E-state index contributed by atoms with van der Waals surface area (Å²) in [6.07, 6.45) is 1.14. The minimum absolute atomic E-state index is 0.185. The topological polar surface area (TPSA) is 70.2 Å². The van der Waals surface area contributed by atoms with Crippen LogP contribution in [0, 0.1) is 6.92 Å². The monoisotopic (exact) mass is 431 g/mol. The predicted molar refractivity (Wildman–Crippen MR) is 120 cm³/mol. The van der Waals surface area contributed by atoms with Gasteiger partial charge < -0.3 is 14.5 Å². The average Bonchev–Trinajstić information content (AvgIpc) is 2.74. The number of hydrogen-bond acceptors (Lipinski definition) is 5. The molecule has 1 atom stereocenters. The smallest absolute Gasteiger partial charge is 0.246 e. The number of amides is 1. The fraction of sp³-hybridized carbons (Fsp3) is 0.409. The van der Waals surface area contributed by atoms with Crippen LogP contribution in [0.4, 0.5) is 11.4 Å². The standard InChI is InChI=1S/C22H29N3O4S/c1-17-5-7-20(8-6-17)25(30(4,27)28)18(2)22(26)24-15-13-23(14-16-24)19-9-11-21(29-3)12-10-19/h5-12,18H,13-16H2,1-4H3. The van der Waals surface area contributed by atoms with E-state index < -0.39 is 16.1 Å². The van der Waals surface area contributed by atoms with Gasteiger partial charge in [-0.1, -0.05) is 17.7 Å². The molecule has 0 bridgehead atoms. The van der Waals surface area contributed by atoms with Gasteiger partial charge in [-0.05, 0) is 50.2 Å². The molecule has 1 amide bonds. The number of nitrogens with zero attached hydrogens (tertiary/aromatic N) is 3. The van der Waals surface area contributed by atoms with Crippen molar-refractivity contribution >= 4 is 27.3 Å². The van der Waals surface area contributed by atoms with Gasteiger partial charge in [-0.3, -0.25) is 9.10 Å². The van der Waals surface area contributed by atoms with Crippen molar-refractivity contribution in [2.24, 2.45) is 0 Å². The third-order valence-electron chi connectivity index (χ3n) is 5.38. The first-order chi connectivity index (χ1) is 14.2. The normalized spacial score (nSPS) is 15.6. The highest BCUT2D eigenvalue weighted by Gasteiger charge is 2.33. The molecule has 1 unspecified atom stereocenters. The lowest BCUT2D eigenvalue weighted by Crippen LogP contribution is -2.55. The summed E-state index contributed by atoms with van der Waals surface area (Å²) < 4.78 is 31.4. The zero-order valence-corrected chi connectivity index (χ0v) is 18.7. The molecule has 1 aliphatic heterocycles. The third-order valence-corrected chi connectivity index (χ3v) is 6.63. The molecule has 2 aromatic carbocycles. The quantitative estimate of drug-likeness (QED) is 0.703. The fourth-order valence-corrected chi connectivity index (χ4v) is 4.91. The lowest BCUT2D eigenvalue weighted by molar-refractivity contribution is -0.132. The van der Waals surface area contributed by atoms with E-state index in [0.29, 0.717) is 31.9 Å². The van der Waals surface area contributed by atoms with E-state index in [2.05, 4.69) is 4.90 Å². The fourth-order valence-electron chi connectivity index (χ4n) is 3.74. The van der Waals surface area contributed by atoms with Crippen LogP contribution in [-0.2, 0) is 14.8 Å². The summed E-state index contributed by atoms with van der Waals surface area (Å²) in [6.45, 7) is 6.05. The van der Waals surface area contributed by atoms with Crippen molar-refractivity contribution in [2.75, 3.05) is 48.7 Å². The molecule has 7 nitrogen and oxygen atoms in total. The van der Waals surface area contributed by atoms with E-state index >= 15 is 0 Å². The summed E-state index contributed by atoms with van der Waals surface area (Å²) in [5.41, 5.74) is 2.61. The van der Waals surface area contributed by atoms with Crippen LogP contribution in [0.3, 0.4) is 0 Å². The molecule has 0 aromatic heterocycles. The number of carbonyl (C=O) groups excluding carboxylic acids is 1. The minimum atomic E-state index is -3.61. The first-order valence-electron chi connectivity index (χ1n) is 9.94. The number of sulfonamides is 1. The molecule has 0 N–H and O–H groups in total. The van der Waals surface area contributed by atoms with Gasteiger partial charge in [0.2, 0.25) is 15.9 Å². The number of ether oxygens (including phenoxy) is 1. The lowest BCUT2D eigenvalue weighted by atomic mass is 10.2. The van der Waals surface area contributed by atoms with Crippen molar-refractivity contribution in [2.45, 2.75) is 19.9 Å². The molecule has 0 aliphatic carbocycles. The van der Waals surface area contributed by atoms with Crippen LogP contribution in [0.5, 0.6) is 5.75 Å².